The number of amides is 1. The number of nitrogens with zero attached hydrogens (tertiary/aromatic N) is 1. The summed E-state index contributed by atoms with van der Waals surface area (Å²) in [4.78, 5) is 17.1. The zero-order chi connectivity index (χ0) is 14.5. The van der Waals surface area contributed by atoms with Crippen LogP contribution in [0.3, 0.4) is 0 Å². The zero-order valence-electron chi connectivity index (χ0n) is 11.5. The topological polar surface area (TPSA) is 56.3 Å². The van der Waals surface area contributed by atoms with Crippen LogP contribution in [-0.4, -0.2) is 41.1 Å². The third kappa shape index (κ3) is 3.61. The van der Waals surface area contributed by atoms with Gasteiger partial charge in [0.05, 0.1) is 6.42 Å². The van der Waals surface area contributed by atoms with Crippen LogP contribution in [0.1, 0.15) is 18.4 Å². The predicted molar refractivity (Wildman–Crippen MR) is 83.7 cm³/mol. The minimum atomic E-state index is 0.101. The van der Waals surface area contributed by atoms with Crippen molar-refractivity contribution >= 4 is 32.7 Å². The van der Waals surface area contributed by atoms with Crippen molar-refractivity contribution in [1.29, 1.82) is 0 Å². The monoisotopic (exact) mass is 338 g/mol. The van der Waals surface area contributed by atoms with Crippen LogP contribution in [-0.2, 0) is 11.2 Å². The molecule has 1 heterocycles. The lowest BCUT2D eigenvalue weighted by Gasteiger charge is -2.16. The Bertz CT molecular complexity index is 595. The van der Waals surface area contributed by atoms with E-state index in [2.05, 4.69) is 20.9 Å². The molecular formula is C15H19BrN2O2. The first kappa shape index (κ1) is 15.1. The van der Waals surface area contributed by atoms with Crippen LogP contribution in [0.4, 0.5) is 0 Å². The number of nitrogens with one attached hydrogen (secondary N) is 1. The summed E-state index contributed by atoms with van der Waals surface area (Å²) in [5.74, 6) is 0.101. The molecule has 0 aliphatic heterocycles. The lowest BCUT2D eigenvalue weighted by atomic mass is 10.1. The second kappa shape index (κ2) is 6.90. The lowest BCUT2D eigenvalue weighted by molar-refractivity contribution is -0.129. The van der Waals surface area contributed by atoms with Crippen molar-refractivity contribution in [2.45, 2.75) is 19.3 Å². The van der Waals surface area contributed by atoms with Gasteiger partial charge in [0.25, 0.3) is 0 Å². The van der Waals surface area contributed by atoms with E-state index in [4.69, 9.17) is 5.11 Å². The number of aromatic nitrogens is 1. The van der Waals surface area contributed by atoms with Crippen LogP contribution < -0.4 is 0 Å². The van der Waals surface area contributed by atoms with Gasteiger partial charge in [0, 0.05) is 41.8 Å². The number of benzene rings is 1. The van der Waals surface area contributed by atoms with Crippen molar-refractivity contribution in [3.63, 3.8) is 0 Å². The summed E-state index contributed by atoms with van der Waals surface area (Å²) in [5, 5.41) is 9.84. The fourth-order valence-corrected chi connectivity index (χ4v) is 2.54. The predicted octanol–water partition coefficient (Wildman–Crippen LogP) is 2.70. The number of rotatable bonds is 6. The van der Waals surface area contributed by atoms with Gasteiger partial charge < -0.3 is 15.0 Å². The van der Waals surface area contributed by atoms with Crippen LogP contribution in [0.15, 0.2) is 28.9 Å². The molecule has 0 spiro atoms. The van der Waals surface area contributed by atoms with Gasteiger partial charge in [-0.05, 0) is 36.6 Å². The number of aromatic amines is 1. The van der Waals surface area contributed by atoms with E-state index in [1.165, 1.54) is 0 Å². The molecule has 0 radical (unpaired) electrons. The number of aliphatic hydroxyl groups is 1. The van der Waals surface area contributed by atoms with E-state index in [1.54, 1.807) is 4.90 Å². The summed E-state index contributed by atoms with van der Waals surface area (Å²) in [6.45, 7) is 0.865. The molecule has 0 saturated heterocycles. The summed E-state index contributed by atoms with van der Waals surface area (Å²) in [6.07, 6.45) is 3.86. The Kier molecular flexibility index (Phi) is 5.20. The summed E-state index contributed by atoms with van der Waals surface area (Å²) in [5.41, 5.74) is 2.05. The Balaban J connectivity index is 2.04. The summed E-state index contributed by atoms with van der Waals surface area (Å²) in [7, 11) is 1.81. The number of carbonyl (C=O) groups excluding carboxylic acids is 1. The summed E-state index contributed by atoms with van der Waals surface area (Å²) < 4.78 is 1.01. The first-order chi connectivity index (χ1) is 9.61. The van der Waals surface area contributed by atoms with E-state index in [9.17, 15) is 4.79 Å². The number of carbonyl (C=O) groups is 1. The second-order valence-corrected chi connectivity index (χ2v) is 5.84. The van der Waals surface area contributed by atoms with E-state index in [1.807, 2.05) is 31.4 Å². The lowest BCUT2D eigenvalue weighted by Crippen LogP contribution is -2.29. The number of hydrogen-bond acceptors (Lipinski definition) is 2. The van der Waals surface area contributed by atoms with Gasteiger partial charge in [-0.3, -0.25) is 4.79 Å². The van der Waals surface area contributed by atoms with E-state index in [-0.39, 0.29) is 12.5 Å². The molecule has 1 aromatic heterocycles. The number of halogens is 1. The van der Waals surface area contributed by atoms with Crippen molar-refractivity contribution in [3.8, 4) is 0 Å². The molecular weight excluding hydrogens is 320 g/mol. The van der Waals surface area contributed by atoms with E-state index in [0.29, 0.717) is 13.0 Å². The molecule has 0 bridgehead atoms. The minimum Gasteiger partial charge on any atom is -0.396 e. The Labute approximate surface area is 126 Å². The van der Waals surface area contributed by atoms with Crippen molar-refractivity contribution in [1.82, 2.24) is 9.88 Å². The van der Waals surface area contributed by atoms with Gasteiger partial charge in [0.15, 0.2) is 0 Å². The molecule has 0 aliphatic rings. The van der Waals surface area contributed by atoms with Crippen molar-refractivity contribution < 1.29 is 9.90 Å². The second-order valence-electron chi connectivity index (χ2n) is 4.93. The summed E-state index contributed by atoms with van der Waals surface area (Å²) in [6, 6.07) is 6.00. The van der Waals surface area contributed by atoms with Gasteiger partial charge in [0.2, 0.25) is 5.91 Å². The molecule has 1 aromatic carbocycles. The van der Waals surface area contributed by atoms with Gasteiger partial charge >= 0.3 is 0 Å². The van der Waals surface area contributed by atoms with Crippen LogP contribution >= 0.6 is 15.9 Å². The largest absolute Gasteiger partial charge is 0.396 e. The molecule has 2 rings (SSSR count). The van der Waals surface area contributed by atoms with Crippen molar-refractivity contribution in [3.05, 3.63) is 34.4 Å². The zero-order valence-corrected chi connectivity index (χ0v) is 13.1. The van der Waals surface area contributed by atoms with E-state index < -0.39 is 0 Å². The standard InChI is InChI=1S/C15H19BrN2O2/c1-18(6-2-3-7-19)15(20)8-11-10-17-14-5-4-12(16)9-13(11)14/h4-5,9-10,17,19H,2-3,6-8H2,1H3. The minimum absolute atomic E-state index is 0.101. The third-order valence-electron chi connectivity index (χ3n) is 3.40. The fraction of sp³-hybridized carbons (Fsp3) is 0.400. The number of aliphatic hydroxyl groups excluding tert-OH is 1. The number of likely N-dealkylation sites (N-methyl/N-ethyl adjacent to an activating group) is 1. The molecule has 1 amide bonds. The quantitative estimate of drug-likeness (QED) is 0.795. The van der Waals surface area contributed by atoms with Crippen LogP contribution in [0.2, 0.25) is 0 Å². The Morgan fingerprint density at radius 2 is 2.20 bits per heavy atom. The summed E-state index contributed by atoms with van der Waals surface area (Å²) >= 11 is 3.46. The SMILES string of the molecule is CN(CCCCO)C(=O)Cc1c[nH]c2ccc(Br)cc12. The van der Waals surface area contributed by atoms with Gasteiger partial charge in [-0.1, -0.05) is 15.9 Å². The molecule has 2 aromatic rings. The molecule has 5 heteroatoms. The Morgan fingerprint density at radius 3 is 2.95 bits per heavy atom. The average Bonchev–Trinajstić information content (AvgIpc) is 2.81. The highest BCUT2D eigenvalue weighted by molar-refractivity contribution is 9.10. The van der Waals surface area contributed by atoms with Crippen LogP contribution in [0, 0.1) is 0 Å². The molecule has 0 atom stereocenters. The average molecular weight is 339 g/mol. The molecule has 0 saturated carbocycles. The maximum absolute atomic E-state index is 12.2. The van der Waals surface area contributed by atoms with Gasteiger partial charge in [-0.15, -0.1) is 0 Å². The normalized spacial score (nSPS) is 10.9. The van der Waals surface area contributed by atoms with Gasteiger partial charge in [0.1, 0.15) is 0 Å². The number of hydrogen-bond donors (Lipinski definition) is 2. The number of unbranched alkanes of at least 4 members (excludes halogenated alkanes) is 1. The Morgan fingerprint density at radius 1 is 1.40 bits per heavy atom. The van der Waals surface area contributed by atoms with E-state index in [0.717, 1.165) is 33.8 Å². The van der Waals surface area contributed by atoms with Crippen LogP contribution in [0.25, 0.3) is 10.9 Å². The maximum atomic E-state index is 12.2. The Hall–Kier alpha value is -1.33. The first-order valence-corrected chi connectivity index (χ1v) is 7.51. The maximum Gasteiger partial charge on any atom is 0.226 e. The highest BCUT2D eigenvalue weighted by Crippen LogP contribution is 2.23. The molecule has 20 heavy (non-hydrogen) atoms. The van der Waals surface area contributed by atoms with Crippen LogP contribution in [0.5, 0.6) is 0 Å². The highest BCUT2D eigenvalue weighted by atomic mass is 79.9. The van der Waals surface area contributed by atoms with Crippen molar-refractivity contribution in [2.75, 3.05) is 20.2 Å². The van der Waals surface area contributed by atoms with Gasteiger partial charge in [-0.25, -0.2) is 0 Å². The fourth-order valence-electron chi connectivity index (χ4n) is 2.18. The molecule has 0 unspecified atom stereocenters. The molecule has 108 valence electrons. The van der Waals surface area contributed by atoms with Gasteiger partial charge in [-0.2, -0.15) is 0 Å². The first-order valence-electron chi connectivity index (χ1n) is 6.72. The number of fused-ring (bicyclic) bond motifs is 1. The number of H-pyrrole nitrogens is 1. The molecule has 0 aliphatic carbocycles. The van der Waals surface area contributed by atoms with E-state index >= 15 is 0 Å². The highest BCUT2D eigenvalue weighted by Gasteiger charge is 2.12. The third-order valence-corrected chi connectivity index (χ3v) is 3.89. The molecule has 0 fully saturated rings. The molecule has 4 nitrogen and oxygen atoms in total. The van der Waals surface area contributed by atoms with Crippen molar-refractivity contribution in [2.24, 2.45) is 0 Å². The molecule has 2 N–H and O–H groups in total. The smallest absolute Gasteiger partial charge is 0.226 e.